The summed E-state index contributed by atoms with van der Waals surface area (Å²) in [4.78, 5) is 16.1. The van der Waals surface area contributed by atoms with E-state index in [1.165, 1.54) is 19.2 Å². The zero-order chi connectivity index (χ0) is 22.2. The second-order valence-electron chi connectivity index (χ2n) is 6.88. The molecule has 0 N–H and O–H groups in total. The predicted octanol–water partition coefficient (Wildman–Crippen LogP) is 6.08. The van der Waals surface area contributed by atoms with Crippen molar-refractivity contribution in [1.82, 2.24) is 9.55 Å². The van der Waals surface area contributed by atoms with Crippen LogP contribution in [0.1, 0.15) is 27.0 Å². The number of alkyl halides is 3. The van der Waals surface area contributed by atoms with Crippen LogP contribution in [0.15, 0.2) is 67.0 Å². The highest BCUT2D eigenvalue weighted by atomic mass is 35.5. The Bertz CT molecular complexity index is 1260. The van der Waals surface area contributed by atoms with E-state index in [9.17, 15) is 18.0 Å². The number of rotatable bonds is 4. The molecule has 2 aromatic carbocycles. The van der Waals surface area contributed by atoms with Crippen LogP contribution in [0.5, 0.6) is 0 Å². The molecule has 0 saturated heterocycles. The van der Waals surface area contributed by atoms with Gasteiger partial charge in [-0.2, -0.15) is 13.2 Å². The van der Waals surface area contributed by atoms with Crippen LogP contribution in [0.4, 0.5) is 13.2 Å². The lowest BCUT2D eigenvalue weighted by Crippen LogP contribution is -2.10. The SMILES string of the molecule is COC(=O)c1ccc(-n2cc(Cc3c(Cl)cccc3C(F)(F)F)c3cccnc32)cc1. The molecule has 31 heavy (non-hydrogen) atoms. The maximum Gasteiger partial charge on any atom is 0.416 e. The molecule has 0 aliphatic heterocycles. The Morgan fingerprint density at radius 1 is 1.10 bits per heavy atom. The number of ether oxygens (including phenoxy) is 1. The maximum atomic E-state index is 13.5. The largest absolute Gasteiger partial charge is 0.465 e. The molecule has 0 atom stereocenters. The van der Waals surface area contributed by atoms with Crippen LogP contribution in [0, 0.1) is 0 Å². The summed E-state index contributed by atoms with van der Waals surface area (Å²) in [5, 5.41) is 0.773. The molecule has 0 unspecified atom stereocenters. The number of hydrogen-bond donors (Lipinski definition) is 0. The third-order valence-electron chi connectivity index (χ3n) is 5.00. The topological polar surface area (TPSA) is 44.1 Å². The summed E-state index contributed by atoms with van der Waals surface area (Å²) in [5.41, 5.74) is 1.59. The van der Waals surface area contributed by atoms with Crippen LogP contribution in [0.2, 0.25) is 5.02 Å². The predicted molar refractivity (Wildman–Crippen MR) is 112 cm³/mol. The Balaban J connectivity index is 1.82. The van der Waals surface area contributed by atoms with Crippen LogP contribution >= 0.6 is 11.6 Å². The summed E-state index contributed by atoms with van der Waals surface area (Å²) in [5.74, 6) is -0.457. The fourth-order valence-electron chi connectivity index (χ4n) is 3.53. The second-order valence-corrected chi connectivity index (χ2v) is 7.29. The highest BCUT2D eigenvalue weighted by molar-refractivity contribution is 6.31. The highest BCUT2D eigenvalue weighted by Crippen LogP contribution is 2.37. The van der Waals surface area contributed by atoms with E-state index in [1.54, 1.807) is 53.4 Å². The quantitative estimate of drug-likeness (QED) is 0.358. The van der Waals surface area contributed by atoms with Gasteiger partial charge in [-0.05, 0) is 59.7 Å². The molecule has 0 aliphatic rings. The number of hydrogen-bond acceptors (Lipinski definition) is 3. The van der Waals surface area contributed by atoms with Crippen molar-refractivity contribution in [2.24, 2.45) is 0 Å². The van der Waals surface area contributed by atoms with E-state index in [1.807, 2.05) is 0 Å². The number of nitrogens with zero attached hydrogens (tertiary/aromatic N) is 2. The zero-order valence-electron chi connectivity index (χ0n) is 16.3. The number of carbonyl (C=O) groups excluding carboxylic acids is 1. The van der Waals surface area contributed by atoms with Gasteiger partial charge in [0.25, 0.3) is 0 Å². The maximum absolute atomic E-state index is 13.5. The van der Waals surface area contributed by atoms with E-state index < -0.39 is 17.7 Å². The molecule has 0 bridgehead atoms. The Morgan fingerprint density at radius 2 is 1.84 bits per heavy atom. The zero-order valence-corrected chi connectivity index (χ0v) is 17.0. The van der Waals surface area contributed by atoms with Gasteiger partial charge in [0.2, 0.25) is 0 Å². The molecular formula is C23H16ClF3N2O2. The molecule has 0 fully saturated rings. The summed E-state index contributed by atoms with van der Waals surface area (Å²) >= 11 is 6.15. The summed E-state index contributed by atoms with van der Waals surface area (Å²) < 4.78 is 47.1. The van der Waals surface area contributed by atoms with E-state index in [-0.39, 0.29) is 17.0 Å². The minimum Gasteiger partial charge on any atom is -0.465 e. The summed E-state index contributed by atoms with van der Waals surface area (Å²) in [6, 6.07) is 14.0. The van der Waals surface area contributed by atoms with E-state index in [2.05, 4.69) is 4.98 Å². The van der Waals surface area contributed by atoms with Crippen molar-refractivity contribution in [3.63, 3.8) is 0 Å². The number of carbonyl (C=O) groups is 1. The van der Waals surface area contributed by atoms with Crippen molar-refractivity contribution in [2.45, 2.75) is 12.6 Å². The van der Waals surface area contributed by atoms with Gasteiger partial charge >= 0.3 is 12.1 Å². The van der Waals surface area contributed by atoms with Crippen LogP contribution in [0.3, 0.4) is 0 Å². The third kappa shape index (κ3) is 4.01. The molecule has 0 radical (unpaired) electrons. The summed E-state index contributed by atoms with van der Waals surface area (Å²) in [6.45, 7) is 0. The molecule has 0 saturated carbocycles. The minimum atomic E-state index is -4.51. The minimum absolute atomic E-state index is 0.00997. The molecule has 2 heterocycles. The van der Waals surface area contributed by atoms with Gasteiger partial charge < -0.3 is 9.30 Å². The molecular weight excluding hydrogens is 429 g/mol. The van der Waals surface area contributed by atoms with E-state index >= 15 is 0 Å². The van der Waals surface area contributed by atoms with Crippen molar-refractivity contribution in [3.05, 3.63) is 94.3 Å². The Kier molecular flexibility index (Phi) is 5.45. The number of benzene rings is 2. The van der Waals surface area contributed by atoms with Gasteiger partial charge in [0.15, 0.2) is 0 Å². The second kappa shape index (κ2) is 8.07. The van der Waals surface area contributed by atoms with Crippen molar-refractivity contribution in [2.75, 3.05) is 7.11 Å². The van der Waals surface area contributed by atoms with E-state index in [0.29, 0.717) is 27.8 Å². The molecule has 4 aromatic rings. The Labute approximate surface area is 180 Å². The molecule has 158 valence electrons. The van der Waals surface area contributed by atoms with Gasteiger partial charge in [0.1, 0.15) is 5.65 Å². The molecule has 2 aromatic heterocycles. The monoisotopic (exact) mass is 444 g/mol. The molecule has 0 spiro atoms. The normalized spacial score (nSPS) is 11.6. The van der Waals surface area contributed by atoms with Gasteiger partial charge in [-0.1, -0.05) is 17.7 Å². The van der Waals surface area contributed by atoms with Crippen molar-refractivity contribution >= 4 is 28.6 Å². The molecule has 0 amide bonds. The first kappa shape index (κ1) is 20.9. The van der Waals surface area contributed by atoms with Crippen molar-refractivity contribution in [1.29, 1.82) is 0 Å². The number of aromatic nitrogens is 2. The summed E-state index contributed by atoms with van der Waals surface area (Å²) in [7, 11) is 1.30. The average Bonchev–Trinajstić information content (AvgIpc) is 3.12. The average molecular weight is 445 g/mol. The number of pyridine rings is 1. The van der Waals surface area contributed by atoms with Crippen LogP contribution in [-0.4, -0.2) is 22.6 Å². The first-order chi connectivity index (χ1) is 14.8. The lowest BCUT2D eigenvalue weighted by molar-refractivity contribution is -0.138. The molecule has 4 nitrogen and oxygen atoms in total. The molecule has 0 aliphatic carbocycles. The van der Waals surface area contributed by atoms with Crippen LogP contribution in [0.25, 0.3) is 16.7 Å². The van der Waals surface area contributed by atoms with Gasteiger partial charge in [-0.25, -0.2) is 9.78 Å². The van der Waals surface area contributed by atoms with Gasteiger partial charge in [-0.15, -0.1) is 0 Å². The lowest BCUT2D eigenvalue weighted by atomic mass is 9.99. The van der Waals surface area contributed by atoms with Crippen molar-refractivity contribution in [3.8, 4) is 5.69 Å². The van der Waals surface area contributed by atoms with Crippen LogP contribution in [-0.2, 0) is 17.3 Å². The van der Waals surface area contributed by atoms with Crippen LogP contribution < -0.4 is 0 Å². The molecule has 4 rings (SSSR count). The van der Waals surface area contributed by atoms with E-state index in [0.717, 1.165) is 6.07 Å². The number of esters is 1. The number of fused-ring (bicyclic) bond motifs is 1. The Hall–Kier alpha value is -3.32. The van der Waals surface area contributed by atoms with Gasteiger partial charge in [0, 0.05) is 34.9 Å². The van der Waals surface area contributed by atoms with Crippen molar-refractivity contribution < 1.29 is 22.7 Å². The standard InChI is InChI=1S/C23H16ClF3N2O2/c1-31-22(30)14-7-9-16(10-8-14)29-13-15(17-4-3-11-28-21(17)29)12-18-19(23(25,26)27)5-2-6-20(18)24/h2-11,13H,12H2,1H3. The smallest absolute Gasteiger partial charge is 0.416 e. The fourth-order valence-corrected chi connectivity index (χ4v) is 3.78. The summed E-state index contributed by atoms with van der Waals surface area (Å²) in [6.07, 6.45) is -1.17. The Morgan fingerprint density at radius 3 is 2.52 bits per heavy atom. The van der Waals surface area contributed by atoms with Gasteiger partial charge in [-0.3, -0.25) is 0 Å². The van der Waals surface area contributed by atoms with Gasteiger partial charge in [0.05, 0.1) is 18.2 Å². The third-order valence-corrected chi connectivity index (χ3v) is 5.36. The highest BCUT2D eigenvalue weighted by Gasteiger charge is 2.34. The lowest BCUT2D eigenvalue weighted by Gasteiger charge is -2.14. The number of methoxy groups -OCH3 is 1. The first-order valence-corrected chi connectivity index (χ1v) is 9.65. The first-order valence-electron chi connectivity index (χ1n) is 9.28. The fraction of sp³-hybridized carbons (Fsp3) is 0.130. The number of halogens is 4. The molecule has 8 heteroatoms. The van der Waals surface area contributed by atoms with E-state index in [4.69, 9.17) is 16.3 Å².